The summed E-state index contributed by atoms with van der Waals surface area (Å²) >= 11 is 0. The van der Waals surface area contributed by atoms with Gasteiger partial charge in [-0.15, -0.1) is 0 Å². The van der Waals surface area contributed by atoms with Gasteiger partial charge in [-0.05, 0) is 38.5 Å². The average molecular weight is 290 g/mol. The number of nitrogens with zero attached hydrogens (tertiary/aromatic N) is 1. The normalized spacial score (nSPS) is 17.9. The number of rotatable bonds is 4. The quantitative estimate of drug-likeness (QED) is 0.925. The molecule has 1 aliphatic rings. The lowest BCUT2D eigenvalue weighted by molar-refractivity contribution is -0.132. The van der Waals surface area contributed by atoms with Crippen LogP contribution in [0.25, 0.3) is 0 Å². The lowest BCUT2D eigenvalue weighted by atomic mass is 10.0. The molecule has 0 fully saturated rings. The predicted molar refractivity (Wildman–Crippen MR) is 81.5 cm³/mol. The Kier molecular flexibility index (Phi) is 4.50. The van der Waals surface area contributed by atoms with E-state index >= 15 is 0 Å². The van der Waals surface area contributed by atoms with E-state index < -0.39 is 6.10 Å². The fraction of sp³-hybridized carbons (Fsp3) is 0.500. The molecule has 5 heteroatoms. The van der Waals surface area contributed by atoms with Crippen LogP contribution in [-0.4, -0.2) is 30.4 Å². The highest BCUT2D eigenvalue weighted by Gasteiger charge is 2.30. The van der Waals surface area contributed by atoms with Gasteiger partial charge in [-0.3, -0.25) is 4.79 Å². The first-order valence-corrected chi connectivity index (χ1v) is 7.04. The van der Waals surface area contributed by atoms with E-state index in [1.165, 1.54) is 0 Å². The fourth-order valence-electron chi connectivity index (χ4n) is 2.14. The Bertz CT molecular complexity index is 547. The van der Waals surface area contributed by atoms with Crippen molar-refractivity contribution in [1.82, 2.24) is 5.32 Å². The van der Waals surface area contributed by atoms with Crippen molar-refractivity contribution in [3.63, 3.8) is 0 Å². The zero-order chi connectivity index (χ0) is 15.5. The summed E-state index contributed by atoms with van der Waals surface area (Å²) < 4.78 is 5.20. The molecule has 1 amide bonds. The van der Waals surface area contributed by atoms with Gasteiger partial charge in [0.05, 0.1) is 12.8 Å². The summed E-state index contributed by atoms with van der Waals surface area (Å²) in [4.78, 5) is 17.3. The first-order chi connectivity index (χ1) is 9.87. The van der Waals surface area contributed by atoms with Crippen molar-refractivity contribution >= 4 is 11.6 Å². The summed E-state index contributed by atoms with van der Waals surface area (Å²) in [6, 6.07) is 7.81. The number of hydrogen-bond donors (Lipinski definition) is 1. The van der Waals surface area contributed by atoms with Crippen molar-refractivity contribution < 1.29 is 14.4 Å². The minimum absolute atomic E-state index is 0.119. The van der Waals surface area contributed by atoms with Crippen LogP contribution in [0.5, 0.6) is 5.75 Å². The van der Waals surface area contributed by atoms with Crippen LogP contribution in [-0.2, 0) is 16.1 Å². The zero-order valence-electron chi connectivity index (χ0n) is 13.0. The molecule has 21 heavy (non-hydrogen) atoms. The first-order valence-electron chi connectivity index (χ1n) is 7.04. The van der Waals surface area contributed by atoms with E-state index in [1.54, 1.807) is 7.11 Å². The van der Waals surface area contributed by atoms with Crippen LogP contribution >= 0.6 is 0 Å². The monoisotopic (exact) mass is 290 g/mol. The molecule has 0 bridgehead atoms. The molecule has 0 saturated carbocycles. The number of methoxy groups -OCH3 is 1. The Hall–Kier alpha value is -2.04. The number of hydrogen-bond acceptors (Lipinski definition) is 4. The Morgan fingerprint density at radius 2 is 2.24 bits per heavy atom. The van der Waals surface area contributed by atoms with Crippen LogP contribution in [0.4, 0.5) is 0 Å². The molecule has 1 aliphatic heterocycles. The molecule has 5 nitrogen and oxygen atoms in total. The Balaban J connectivity index is 1.91. The van der Waals surface area contributed by atoms with Gasteiger partial charge in [-0.2, -0.15) is 0 Å². The summed E-state index contributed by atoms with van der Waals surface area (Å²) in [5, 5.41) is 6.94. The van der Waals surface area contributed by atoms with Gasteiger partial charge in [0.15, 0.2) is 0 Å². The SMILES string of the molecule is COc1cccc(CC2=NOC(C(=O)NC(C)(C)C)C2)c1. The standard InChI is InChI=1S/C16H22N2O3/c1-16(2,3)17-15(19)14-10-12(18-21-14)8-11-6-5-7-13(9-11)20-4/h5-7,9,14H,8,10H2,1-4H3,(H,17,19). The smallest absolute Gasteiger partial charge is 0.264 e. The molecule has 1 unspecified atom stereocenters. The van der Waals surface area contributed by atoms with E-state index in [2.05, 4.69) is 10.5 Å². The van der Waals surface area contributed by atoms with Gasteiger partial charge in [0.25, 0.3) is 5.91 Å². The molecule has 114 valence electrons. The van der Waals surface area contributed by atoms with Crippen LogP contribution in [0.1, 0.15) is 32.8 Å². The summed E-state index contributed by atoms with van der Waals surface area (Å²) in [5.74, 6) is 0.695. The van der Waals surface area contributed by atoms with Gasteiger partial charge in [-0.25, -0.2) is 0 Å². The molecule has 1 aromatic carbocycles. The zero-order valence-corrected chi connectivity index (χ0v) is 13.0. The third-order valence-corrected chi connectivity index (χ3v) is 3.06. The fourth-order valence-corrected chi connectivity index (χ4v) is 2.14. The van der Waals surface area contributed by atoms with Gasteiger partial charge in [-0.1, -0.05) is 17.3 Å². The van der Waals surface area contributed by atoms with Crippen LogP contribution in [0.15, 0.2) is 29.4 Å². The summed E-state index contributed by atoms with van der Waals surface area (Å²) in [5.41, 5.74) is 1.70. The second kappa shape index (κ2) is 6.16. The highest BCUT2D eigenvalue weighted by Crippen LogP contribution is 2.18. The minimum Gasteiger partial charge on any atom is -0.497 e. The van der Waals surface area contributed by atoms with E-state index in [1.807, 2.05) is 45.0 Å². The van der Waals surface area contributed by atoms with E-state index in [-0.39, 0.29) is 11.4 Å². The van der Waals surface area contributed by atoms with Crippen LogP contribution in [0.2, 0.25) is 0 Å². The van der Waals surface area contributed by atoms with E-state index in [4.69, 9.17) is 9.57 Å². The molecular weight excluding hydrogens is 268 g/mol. The summed E-state index contributed by atoms with van der Waals surface area (Å²) in [6.07, 6.45) is 0.667. The van der Waals surface area contributed by atoms with Crippen LogP contribution in [0.3, 0.4) is 0 Å². The van der Waals surface area contributed by atoms with Gasteiger partial charge in [0.1, 0.15) is 5.75 Å². The molecule has 0 spiro atoms. The molecule has 0 radical (unpaired) electrons. The van der Waals surface area contributed by atoms with Gasteiger partial charge in [0, 0.05) is 18.4 Å². The van der Waals surface area contributed by atoms with E-state index in [0.717, 1.165) is 17.0 Å². The highest BCUT2D eigenvalue weighted by molar-refractivity contribution is 5.94. The second-order valence-electron chi connectivity index (χ2n) is 6.22. The Labute approximate surface area is 125 Å². The molecular formula is C16H22N2O3. The Morgan fingerprint density at radius 1 is 1.48 bits per heavy atom. The predicted octanol–water partition coefficient (Wildman–Crippen LogP) is 2.30. The lowest BCUT2D eigenvalue weighted by Crippen LogP contribution is -2.45. The number of ether oxygens (including phenoxy) is 1. The number of amides is 1. The average Bonchev–Trinajstić information content (AvgIpc) is 2.85. The van der Waals surface area contributed by atoms with E-state index in [9.17, 15) is 4.79 Å². The molecule has 0 aromatic heterocycles. The maximum Gasteiger partial charge on any atom is 0.264 e. The van der Waals surface area contributed by atoms with Crippen molar-refractivity contribution in [1.29, 1.82) is 0 Å². The van der Waals surface area contributed by atoms with Crippen molar-refractivity contribution in [2.24, 2.45) is 5.16 Å². The van der Waals surface area contributed by atoms with Crippen LogP contribution in [0, 0.1) is 0 Å². The third-order valence-electron chi connectivity index (χ3n) is 3.06. The number of carbonyl (C=O) groups is 1. The van der Waals surface area contributed by atoms with Crippen molar-refractivity contribution in [2.45, 2.75) is 45.3 Å². The van der Waals surface area contributed by atoms with E-state index in [0.29, 0.717) is 12.8 Å². The highest BCUT2D eigenvalue weighted by atomic mass is 16.6. The first kappa shape index (κ1) is 15.4. The number of oxime groups is 1. The van der Waals surface area contributed by atoms with Gasteiger partial charge < -0.3 is 14.9 Å². The van der Waals surface area contributed by atoms with Crippen molar-refractivity contribution in [3.05, 3.63) is 29.8 Å². The molecule has 0 aliphatic carbocycles. The number of nitrogens with one attached hydrogen (secondary N) is 1. The van der Waals surface area contributed by atoms with Crippen LogP contribution < -0.4 is 10.1 Å². The molecule has 1 heterocycles. The molecule has 1 N–H and O–H groups in total. The number of benzene rings is 1. The third kappa shape index (κ3) is 4.48. The largest absolute Gasteiger partial charge is 0.497 e. The summed E-state index contributed by atoms with van der Waals surface area (Å²) in [6.45, 7) is 5.83. The second-order valence-corrected chi connectivity index (χ2v) is 6.22. The van der Waals surface area contributed by atoms with Gasteiger partial charge >= 0.3 is 0 Å². The number of carbonyl (C=O) groups excluding carboxylic acids is 1. The lowest BCUT2D eigenvalue weighted by Gasteiger charge is -2.22. The summed E-state index contributed by atoms with van der Waals surface area (Å²) in [7, 11) is 1.64. The maximum absolute atomic E-state index is 12.0. The van der Waals surface area contributed by atoms with Crippen molar-refractivity contribution in [3.8, 4) is 5.75 Å². The topological polar surface area (TPSA) is 59.9 Å². The molecule has 0 saturated heterocycles. The maximum atomic E-state index is 12.0. The Morgan fingerprint density at radius 3 is 2.90 bits per heavy atom. The molecule has 1 aromatic rings. The van der Waals surface area contributed by atoms with Crippen molar-refractivity contribution in [2.75, 3.05) is 7.11 Å². The van der Waals surface area contributed by atoms with Gasteiger partial charge in [0.2, 0.25) is 6.10 Å². The molecule has 2 rings (SSSR count). The minimum atomic E-state index is -0.523. The molecule has 1 atom stereocenters.